The Labute approximate surface area is 128 Å². The number of halogens is 2. The van der Waals surface area contributed by atoms with E-state index in [1.807, 2.05) is 43.0 Å². The highest BCUT2D eigenvalue weighted by Gasteiger charge is 2.17. The number of hydrazine groups is 1. The van der Waals surface area contributed by atoms with Gasteiger partial charge >= 0.3 is 0 Å². The molecule has 0 aliphatic heterocycles. The summed E-state index contributed by atoms with van der Waals surface area (Å²) in [6.07, 6.45) is 0. The van der Waals surface area contributed by atoms with Crippen molar-refractivity contribution in [2.24, 2.45) is 5.84 Å². The molecule has 0 amide bonds. The molecule has 106 valence electrons. The van der Waals surface area contributed by atoms with E-state index in [0.717, 1.165) is 17.8 Å². The quantitative estimate of drug-likeness (QED) is 0.658. The van der Waals surface area contributed by atoms with Crippen LogP contribution >= 0.6 is 23.2 Å². The zero-order valence-electron chi connectivity index (χ0n) is 11.3. The second kappa shape index (κ2) is 6.31. The Hall–Kier alpha value is -1.49. The molecule has 6 heteroatoms. The Morgan fingerprint density at radius 1 is 1.25 bits per heavy atom. The van der Waals surface area contributed by atoms with E-state index in [1.54, 1.807) is 6.07 Å². The number of aromatic nitrogens is 1. The molecule has 2 rings (SSSR count). The first kappa shape index (κ1) is 14.9. The largest absolute Gasteiger partial charge is 0.325 e. The van der Waals surface area contributed by atoms with Crippen LogP contribution in [0.5, 0.6) is 0 Å². The number of nitrogens with zero attached hydrogens (tertiary/aromatic N) is 2. The van der Waals surface area contributed by atoms with Gasteiger partial charge < -0.3 is 10.3 Å². The molecular formula is C14H16Cl2N4. The number of aryl methyl sites for hydroxylation is 1. The van der Waals surface area contributed by atoms with Crippen molar-refractivity contribution in [2.45, 2.75) is 13.8 Å². The van der Waals surface area contributed by atoms with Gasteiger partial charge in [-0.15, -0.1) is 0 Å². The fourth-order valence-electron chi connectivity index (χ4n) is 2.05. The van der Waals surface area contributed by atoms with Crippen LogP contribution < -0.4 is 16.2 Å². The molecule has 1 heterocycles. The summed E-state index contributed by atoms with van der Waals surface area (Å²) in [5.41, 5.74) is 4.67. The van der Waals surface area contributed by atoms with Crippen molar-refractivity contribution in [3.05, 3.63) is 45.9 Å². The average Bonchev–Trinajstić information content (AvgIpc) is 2.43. The third kappa shape index (κ3) is 2.82. The van der Waals surface area contributed by atoms with Crippen molar-refractivity contribution in [3.63, 3.8) is 0 Å². The highest BCUT2D eigenvalue weighted by Crippen LogP contribution is 2.35. The highest BCUT2D eigenvalue weighted by molar-refractivity contribution is 6.37. The number of rotatable bonds is 4. The van der Waals surface area contributed by atoms with Crippen LogP contribution in [-0.4, -0.2) is 11.5 Å². The van der Waals surface area contributed by atoms with Gasteiger partial charge in [0.15, 0.2) is 11.6 Å². The van der Waals surface area contributed by atoms with Gasteiger partial charge in [-0.25, -0.2) is 10.8 Å². The lowest BCUT2D eigenvalue weighted by atomic mass is 10.2. The predicted molar refractivity (Wildman–Crippen MR) is 85.9 cm³/mol. The Morgan fingerprint density at radius 2 is 1.95 bits per heavy atom. The number of nitrogen functional groups attached to an aromatic ring is 1. The van der Waals surface area contributed by atoms with Gasteiger partial charge in [0.25, 0.3) is 0 Å². The maximum atomic E-state index is 6.28. The topological polar surface area (TPSA) is 54.2 Å². The van der Waals surface area contributed by atoms with E-state index in [9.17, 15) is 0 Å². The molecule has 0 spiro atoms. The summed E-state index contributed by atoms with van der Waals surface area (Å²) in [5.74, 6) is 6.45. The fourth-order valence-corrected chi connectivity index (χ4v) is 2.56. The predicted octanol–water partition coefficient (Wildman–Crippen LogP) is 4.14. The third-order valence-corrected chi connectivity index (χ3v) is 3.59. The second-order valence-corrected chi connectivity index (χ2v) is 5.11. The first-order chi connectivity index (χ1) is 9.58. The molecule has 0 atom stereocenters. The van der Waals surface area contributed by atoms with Gasteiger partial charge in [0.1, 0.15) is 0 Å². The van der Waals surface area contributed by atoms with Crippen molar-refractivity contribution in [1.82, 2.24) is 4.98 Å². The van der Waals surface area contributed by atoms with E-state index < -0.39 is 0 Å². The second-order valence-electron chi connectivity index (χ2n) is 4.30. The number of benzene rings is 1. The maximum absolute atomic E-state index is 6.28. The number of nitrogens with one attached hydrogen (secondary N) is 1. The monoisotopic (exact) mass is 310 g/mol. The molecular weight excluding hydrogens is 295 g/mol. The van der Waals surface area contributed by atoms with Gasteiger partial charge in [-0.2, -0.15) is 0 Å². The van der Waals surface area contributed by atoms with Gasteiger partial charge in [0.2, 0.25) is 0 Å². The molecule has 4 nitrogen and oxygen atoms in total. The number of pyridine rings is 1. The molecule has 2 aromatic rings. The van der Waals surface area contributed by atoms with E-state index in [4.69, 9.17) is 29.0 Å². The lowest BCUT2D eigenvalue weighted by molar-refractivity contribution is 0.982. The van der Waals surface area contributed by atoms with Crippen LogP contribution in [0.15, 0.2) is 30.3 Å². The summed E-state index contributed by atoms with van der Waals surface area (Å²) in [6, 6.07) is 9.69. The molecule has 1 aromatic carbocycles. The first-order valence-corrected chi connectivity index (χ1v) is 7.00. The van der Waals surface area contributed by atoms with Gasteiger partial charge in [-0.3, -0.25) is 0 Å². The van der Waals surface area contributed by atoms with Crippen LogP contribution in [0.2, 0.25) is 10.0 Å². The van der Waals surface area contributed by atoms with Crippen LogP contribution in [0.25, 0.3) is 0 Å². The lowest BCUT2D eigenvalue weighted by Gasteiger charge is -2.25. The average molecular weight is 311 g/mol. The number of para-hydroxylation sites is 1. The highest BCUT2D eigenvalue weighted by atomic mass is 35.5. The van der Waals surface area contributed by atoms with Crippen molar-refractivity contribution in [2.75, 3.05) is 16.9 Å². The van der Waals surface area contributed by atoms with E-state index in [0.29, 0.717) is 21.7 Å². The van der Waals surface area contributed by atoms with Crippen LogP contribution in [0, 0.1) is 6.92 Å². The van der Waals surface area contributed by atoms with Crippen LogP contribution in [0.3, 0.4) is 0 Å². The Morgan fingerprint density at radius 3 is 2.55 bits per heavy atom. The molecule has 3 N–H and O–H groups in total. The molecule has 0 saturated heterocycles. The zero-order chi connectivity index (χ0) is 14.7. The van der Waals surface area contributed by atoms with Gasteiger partial charge in [0, 0.05) is 12.2 Å². The third-order valence-electron chi connectivity index (χ3n) is 3.03. The molecule has 0 fully saturated rings. The summed E-state index contributed by atoms with van der Waals surface area (Å²) in [5, 5.41) is 0.876. The Bertz CT molecular complexity index is 616. The minimum Gasteiger partial charge on any atom is -0.325 e. The Balaban J connectivity index is 2.55. The summed E-state index contributed by atoms with van der Waals surface area (Å²) in [6.45, 7) is 4.81. The van der Waals surface area contributed by atoms with Gasteiger partial charge in [0.05, 0.1) is 10.0 Å². The van der Waals surface area contributed by atoms with Crippen molar-refractivity contribution < 1.29 is 0 Å². The molecule has 0 unspecified atom stereocenters. The summed E-state index contributed by atoms with van der Waals surface area (Å²) >= 11 is 12.3. The van der Waals surface area contributed by atoms with Crippen molar-refractivity contribution in [3.8, 4) is 0 Å². The molecule has 0 aliphatic carbocycles. The zero-order valence-corrected chi connectivity index (χ0v) is 12.8. The SMILES string of the molecule is CCN(c1ccccc1C)c1nc(NN)c(Cl)cc1Cl. The molecule has 1 aromatic heterocycles. The summed E-state index contributed by atoms with van der Waals surface area (Å²) in [4.78, 5) is 6.43. The number of anilines is 3. The summed E-state index contributed by atoms with van der Waals surface area (Å²) < 4.78 is 0. The first-order valence-electron chi connectivity index (χ1n) is 6.24. The maximum Gasteiger partial charge on any atom is 0.161 e. The molecule has 20 heavy (non-hydrogen) atoms. The molecule has 0 bridgehead atoms. The number of hydrogen-bond donors (Lipinski definition) is 2. The van der Waals surface area contributed by atoms with E-state index in [1.165, 1.54) is 0 Å². The van der Waals surface area contributed by atoms with E-state index in [-0.39, 0.29) is 0 Å². The van der Waals surface area contributed by atoms with Crippen molar-refractivity contribution >= 4 is 40.5 Å². The molecule has 0 saturated carbocycles. The standard InChI is InChI=1S/C14H16Cl2N4/c1-3-20(12-7-5-4-6-9(12)2)14-11(16)8-10(15)13(18-14)19-17/h4-8H,3,17H2,1-2H3,(H,18,19). The molecule has 0 aliphatic rings. The smallest absolute Gasteiger partial charge is 0.161 e. The van der Waals surface area contributed by atoms with Crippen molar-refractivity contribution in [1.29, 1.82) is 0 Å². The van der Waals surface area contributed by atoms with Gasteiger partial charge in [-0.1, -0.05) is 41.4 Å². The van der Waals surface area contributed by atoms with E-state index in [2.05, 4.69) is 10.4 Å². The number of nitrogens with two attached hydrogens (primary N) is 1. The van der Waals surface area contributed by atoms with E-state index >= 15 is 0 Å². The van der Waals surface area contributed by atoms with Gasteiger partial charge in [-0.05, 0) is 31.5 Å². The molecule has 0 radical (unpaired) electrons. The lowest BCUT2D eigenvalue weighted by Crippen LogP contribution is -2.20. The van der Waals surface area contributed by atoms with Crippen LogP contribution in [0.4, 0.5) is 17.3 Å². The fraction of sp³-hybridized carbons (Fsp3) is 0.214. The normalized spacial score (nSPS) is 10.4. The van der Waals surface area contributed by atoms with Crippen LogP contribution in [0.1, 0.15) is 12.5 Å². The summed E-state index contributed by atoms with van der Waals surface area (Å²) in [7, 11) is 0. The number of hydrogen-bond acceptors (Lipinski definition) is 4. The van der Waals surface area contributed by atoms with Crippen LogP contribution in [-0.2, 0) is 0 Å². The Kier molecular flexibility index (Phi) is 4.70. The minimum absolute atomic E-state index is 0.391. The minimum atomic E-state index is 0.391.